The topological polar surface area (TPSA) is 60.3 Å². The highest BCUT2D eigenvalue weighted by atomic mass is 32.2. The Bertz CT molecular complexity index is 1010. The molecule has 2 aromatic carbocycles. The lowest BCUT2D eigenvalue weighted by molar-refractivity contribution is 0.326. The van der Waals surface area contributed by atoms with E-state index in [-0.39, 0.29) is 4.90 Å². The van der Waals surface area contributed by atoms with Crippen molar-refractivity contribution in [1.82, 2.24) is 9.29 Å². The number of nitrogens with zero attached hydrogens (tertiary/aromatic N) is 1. The summed E-state index contributed by atoms with van der Waals surface area (Å²) in [5.74, 6) is 0.821. The molecule has 1 aliphatic rings. The average Bonchev–Trinajstić information content (AvgIpc) is 2.77. The number of hydrogen-bond donors (Lipinski definition) is 1. The molecule has 0 saturated heterocycles. The van der Waals surface area contributed by atoms with Gasteiger partial charge in [-0.1, -0.05) is 18.2 Å². The van der Waals surface area contributed by atoms with Crippen LogP contribution in [0.3, 0.4) is 0 Å². The van der Waals surface area contributed by atoms with Gasteiger partial charge in [0, 0.05) is 29.7 Å². The van der Waals surface area contributed by atoms with Crippen LogP contribution in [0.15, 0.2) is 53.4 Å². The van der Waals surface area contributed by atoms with E-state index in [0.717, 1.165) is 23.2 Å². The maximum Gasteiger partial charge on any atom is 0.268 e. The molecule has 0 unspecified atom stereocenters. The van der Waals surface area contributed by atoms with E-state index in [4.69, 9.17) is 4.74 Å². The first-order chi connectivity index (χ1) is 11.6. The van der Waals surface area contributed by atoms with Gasteiger partial charge in [-0.25, -0.2) is 12.4 Å². The predicted molar refractivity (Wildman–Crippen MR) is 92.9 cm³/mol. The molecule has 4 rings (SSSR count). The number of aromatic nitrogens is 1. The van der Waals surface area contributed by atoms with Gasteiger partial charge in [0.05, 0.1) is 10.4 Å². The molecule has 0 bridgehead atoms. The predicted octanol–water partition coefficient (Wildman–Crippen LogP) is 2.67. The largest absolute Gasteiger partial charge is 0.492 e. The highest BCUT2D eigenvalue weighted by molar-refractivity contribution is 7.90. The van der Waals surface area contributed by atoms with Crippen molar-refractivity contribution in [2.75, 3.05) is 13.2 Å². The fourth-order valence-electron chi connectivity index (χ4n) is 3.21. The molecule has 1 N–H and O–H groups in total. The normalized spacial score (nSPS) is 14.9. The van der Waals surface area contributed by atoms with Crippen LogP contribution in [0.1, 0.15) is 11.3 Å². The molecule has 0 atom stereocenters. The molecular formula is C18H18N2O3S. The number of fused-ring (bicyclic) bond motifs is 3. The van der Waals surface area contributed by atoms with E-state index >= 15 is 0 Å². The summed E-state index contributed by atoms with van der Waals surface area (Å²) in [4.78, 5) is 0.287. The van der Waals surface area contributed by atoms with Gasteiger partial charge < -0.3 is 10.1 Å². The molecule has 2 heterocycles. The summed E-state index contributed by atoms with van der Waals surface area (Å²) in [5, 5.41) is 4.23. The van der Waals surface area contributed by atoms with Gasteiger partial charge in [0.15, 0.2) is 0 Å². The monoisotopic (exact) mass is 342 g/mol. The van der Waals surface area contributed by atoms with Crippen LogP contribution >= 0.6 is 0 Å². The summed E-state index contributed by atoms with van der Waals surface area (Å²) in [6.07, 6.45) is 0. The average molecular weight is 342 g/mol. The minimum absolute atomic E-state index is 0.287. The SMILES string of the molecule is Cc1cc2c3c(ccc2n1S(=O)(=O)c1ccccc1)OCCNC3. The molecule has 5 nitrogen and oxygen atoms in total. The molecule has 0 amide bonds. The number of nitrogens with one attached hydrogen (secondary N) is 1. The van der Waals surface area contributed by atoms with E-state index in [2.05, 4.69) is 5.32 Å². The van der Waals surface area contributed by atoms with Gasteiger partial charge in [-0.05, 0) is 37.3 Å². The van der Waals surface area contributed by atoms with Crippen LogP contribution in [-0.2, 0) is 16.6 Å². The molecule has 3 aromatic rings. The van der Waals surface area contributed by atoms with Crippen LogP contribution in [0.25, 0.3) is 10.9 Å². The maximum atomic E-state index is 13.1. The second-order valence-corrected chi connectivity index (χ2v) is 7.66. The molecule has 6 heteroatoms. The Morgan fingerprint density at radius 2 is 1.92 bits per heavy atom. The quantitative estimate of drug-likeness (QED) is 0.778. The van der Waals surface area contributed by atoms with E-state index < -0.39 is 10.0 Å². The molecule has 0 fully saturated rings. The zero-order valence-corrected chi connectivity index (χ0v) is 14.1. The summed E-state index contributed by atoms with van der Waals surface area (Å²) in [6, 6.07) is 14.1. The van der Waals surface area contributed by atoms with E-state index in [0.29, 0.717) is 24.4 Å². The van der Waals surface area contributed by atoms with Gasteiger partial charge in [0.1, 0.15) is 12.4 Å². The van der Waals surface area contributed by atoms with Gasteiger partial charge in [-0.15, -0.1) is 0 Å². The van der Waals surface area contributed by atoms with Crippen molar-refractivity contribution in [2.45, 2.75) is 18.4 Å². The Hall–Kier alpha value is -2.31. The molecule has 0 aliphatic carbocycles. The summed E-state index contributed by atoms with van der Waals surface area (Å²) >= 11 is 0. The maximum absolute atomic E-state index is 13.1. The third-order valence-corrected chi connectivity index (χ3v) is 6.14. The van der Waals surface area contributed by atoms with Crippen LogP contribution < -0.4 is 10.1 Å². The van der Waals surface area contributed by atoms with Crippen LogP contribution in [0.5, 0.6) is 5.75 Å². The second kappa shape index (κ2) is 5.65. The van der Waals surface area contributed by atoms with Gasteiger partial charge in [-0.2, -0.15) is 0 Å². The number of hydrogen-bond acceptors (Lipinski definition) is 4. The van der Waals surface area contributed by atoms with Gasteiger partial charge in [-0.3, -0.25) is 0 Å². The Labute approximate surface area is 140 Å². The smallest absolute Gasteiger partial charge is 0.268 e. The van der Waals surface area contributed by atoms with Crippen molar-refractivity contribution in [2.24, 2.45) is 0 Å². The first-order valence-electron chi connectivity index (χ1n) is 7.87. The zero-order chi connectivity index (χ0) is 16.7. The summed E-state index contributed by atoms with van der Waals surface area (Å²) in [7, 11) is -3.63. The van der Waals surface area contributed by atoms with Crippen molar-refractivity contribution in [1.29, 1.82) is 0 Å². The molecule has 0 saturated carbocycles. The second-order valence-electron chi connectivity index (χ2n) is 5.87. The van der Waals surface area contributed by atoms with E-state index in [9.17, 15) is 8.42 Å². The Morgan fingerprint density at radius 3 is 2.71 bits per heavy atom. The van der Waals surface area contributed by atoms with Crippen LogP contribution in [0.2, 0.25) is 0 Å². The van der Waals surface area contributed by atoms with Gasteiger partial charge in [0.25, 0.3) is 10.0 Å². The fraction of sp³-hybridized carbons (Fsp3) is 0.222. The Balaban J connectivity index is 1.98. The minimum Gasteiger partial charge on any atom is -0.492 e. The zero-order valence-electron chi connectivity index (χ0n) is 13.3. The Morgan fingerprint density at radius 1 is 1.12 bits per heavy atom. The molecule has 0 spiro atoms. The first kappa shape index (κ1) is 15.2. The molecule has 24 heavy (non-hydrogen) atoms. The van der Waals surface area contributed by atoms with Crippen LogP contribution in [0.4, 0.5) is 0 Å². The number of benzene rings is 2. The third-order valence-electron chi connectivity index (χ3n) is 4.30. The van der Waals surface area contributed by atoms with Crippen molar-refractivity contribution >= 4 is 20.9 Å². The van der Waals surface area contributed by atoms with Crippen LogP contribution in [-0.4, -0.2) is 25.5 Å². The van der Waals surface area contributed by atoms with E-state index in [1.807, 2.05) is 31.2 Å². The summed E-state index contributed by atoms with van der Waals surface area (Å²) in [5.41, 5.74) is 2.38. The Kier molecular flexibility index (Phi) is 3.58. The lowest BCUT2D eigenvalue weighted by Gasteiger charge is -2.11. The van der Waals surface area contributed by atoms with Crippen molar-refractivity contribution in [3.8, 4) is 5.75 Å². The van der Waals surface area contributed by atoms with E-state index in [1.165, 1.54) is 3.97 Å². The van der Waals surface area contributed by atoms with Gasteiger partial charge >= 0.3 is 0 Å². The van der Waals surface area contributed by atoms with Gasteiger partial charge in [0.2, 0.25) is 0 Å². The van der Waals surface area contributed by atoms with Crippen molar-refractivity contribution < 1.29 is 13.2 Å². The lowest BCUT2D eigenvalue weighted by atomic mass is 10.1. The molecule has 1 aromatic heterocycles. The number of rotatable bonds is 2. The van der Waals surface area contributed by atoms with Crippen molar-refractivity contribution in [3.05, 3.63) is 59.8 Å². The first-order valence-corrected chi connectivity index (χ1v) is 9.31. The van der Waals surface area contributed by atoms with Crippen LogP contribution in [0, 0.1) is 6.92 Å². The molecular weight excluding hydrogens is 324 g/mol. The fourth-order valence-corrected chi connectivity index (χ4v) is 4.77. The number of aryl methyl sites for hydroxylation is 1. The van der Waals surface area contributed by atoms with E-state index in [1.54, 1.807) is 24.3 Å². The third kappa shape index (κ3) is 2.30. The lowest BCUT2D eigenvalue weighted by Crippen LogP contribution is -2.16. The standard InChI is InChI=1S/C18H18N2O3S/c1-13-11-15-16-12-19-9-10-23-18(16)8-7-17(15)20(13)24(21,22)14-5-3-2-4-6-14/h2-8,11,19H,9-10,12H2,1H3. The number of ether oxygens (including phenoxy) is 1. The molecule has 1 aliphatic heterocycles. The molecule has 124 valence electrons. The molecule has 0 radical (unpaired) electrons. The summed E-state index contributed by atoms with van der Waals surface area (Å²) < 4.78 is 33.3. The van der Waals surface area contributed by atoms with Crippen molar-refractivity contribution in [3.63, 3.8) is 0 Å². The highest BCUT2D eigenvalue weighted by Crippen LogP contribution is 2.33. The summed E-state index contributed by atoms with van der Waals surface area (Å²) in [6.45, 7) is 3.87. The highest BCUT2D eigenvalue weighted by Gasteiger charge is 2.23. The minimum atomic E-state index is -3.63.